The molecule has 8 heteroatoms. The van der Waals surface area contributed by atoms with Crippen molar-refractivity contribution in [2.75, 3.05) is 24.7 Å². The van der Waals surface area contributed by atoms with Gasteiger partial charge in [0.25, 0.3) is 0 Å². The molecule has 1 aliphatic rings. The zero-order valence-electron chi connectivity index (χ0n) is 11.5. The highest BCUT2D eigenvalue weighted by Crippen LogP contribution is 2.22. The van der Waals surface area contributed by atoms with Crippen LogP contribution in [0.3, 0.4) is 0 Å². The first kappa shape index (κ1) is 15.8. The van der Waals surface area contributed by atoms with Gasteiger partial charge in [-0.2, -0.15) is 0 Å². The van der Waals surface area contributed by atoms with Crippen LogP contribution in [0.25, 0.3) is 0 Å². The molecule has 1 fully saturated rings. The van der Waals surface area contributed by atoms with Crippen LogP contribution in [0.4, 0.5) is 14.5 Å². The molecule has 0 bridgehead atoms. The third kappa shape index (κ3) is 3.98. The molecule has 1 aromatic rings. The molecule has 116 valence electrons. The number of hydrogen-bond donors (Lipinski definition) is 1. The Morgan fingerprint density at radius 1 is 1.38 bits per heavy atom. The molecule has 1 unspecified atom stereocenters. The first-order chi connectivity index (χ1) is 9.77. The lowest BCUT2D eigenvalue weighted by Gasteiger charge is -2.30. The fourth-order valence-electron chi connectivity index (χ4n) is 2.29. The quantitative estimate of drug-likeness (QED) is 0.920. The van der Waals surface area contributed by atoms with E-state index in [-0.39, 0.29) is 12.2 Å². The molecule has 2 rings (SSSR count). The van der Waals surface area contributed by atoms with E-state index in [2.05, 4.69) is 5.32 Å². The summed E-state index contributed by atoms with van der Waals surface area (Å²) in [6.07, 6.45) is 2.14. The second kappa shape index (κ2) is 6.07. The van der Waals surface area contributed by atoms with Crippen molar-refractivity contribution in [1.29, 1.82) is 0 Å². The number of amides is 1. The molecule has 1 atom stereocenters. The van der Waals surface area contributed by atoms with Gasteiger partial charge < -0.3 is 5.32 Å². The highest BCUT2D eigenvalue weighted by atomic mass is 32.2. The Bertz CT molecular complexity index is 649. The molecule has 0 spiro atoms. The van der Waals surface area contributed by atoms with Gasteiger partial charge in [-0.15, -0.1) is 0 Å². The average Bonchev–Trinajstić information content (AvgIpc) is 2.42. The summed E-state index contributed by atoms with van der Waals surface area (Å²) in [5.74, 6) is -2.47. The third-order valence-corrected chi connectivity index (χ3v) is 4.68. The maximum absolute atomic E-state index is 13.5. The molecule has 1 aromatic carbocycles. The van der Waals surface area contributed by atoms with Gasteiger partial charge >= 0.3 is 0 Å². The number of hydrogen-bond acceptors (Lipinski definition) is 3. The van der Waals surface area contributed by atoms with E-state index < -0.39 is 33.5 Å². The molecule has 1 amide bonds. The van der Waals surface area contributed by atoms with E-state index in [1.165, 1.54) is 4.31 Å². The van der Waals surface area contributed by atoms with Gasteiger partial charge in [0.15, 0.2) is 0 Å². The summed E-state index contributed by atoms with van der Waals surface area (Å²) < 4.78 is 50.7. The summed E-state index contributed by atoms with van der Waals surface area (Å²) in [5, 5.41) is 2.32. The van der Waals surface area contributed by atoms with E-state index in [9.17, 15) is 22.0 Å². The minimum Gasteiger partial charge on any atom is -0.323 e. The summed E-state index contributed by atoms with van der Waals surface area (Å²) in [5.41, 5.74) is -0.239. The van der Waals surface area contributed by atoms with Gasteiger partial charge in [-0.25, -0.2) is 21.5 Å². The van der Waals surface area contributed by atoms with Crippen LogP contribution in [0.2, 0.25) is 0 Å². The Kier molecular flexibility index (Phi) is 4.58. The number of carbonyl (C=O) groups is 1. The van der Waals surface area contributed by atoms with Gasteiger partial charge in [0, 0.05) is 19.2 Å². The standard InChI is InChI=1S/C13H16F2N2O3S/c1-21(19,20)17-6-2-3-9(8-17)13(18)16-12-7-10(14)4-5-11(12)15/h4-5,7,9H,2-3,6,8H2,1H3,(H,16,18). The molecule has 0 aliphatic carbocycles. The molecule has 1 N–H and O–H groups in total. The highest BCUT2D eigenvalue weighted by molar-refractivity contribution is 7.88. The minimum atomic E-state index is -3.36. The van der Waals surface area contributed by atoms with E-state index in [0.29, 0.717) is 19.4 Å². The van der Waals surface area contributed by atoms with Crippen LogP contribution < -0.4 is 5.32 Å². The monoisotopic (exact) mass is 318 g/mol. The Labute approximate surface area is 122 Å². The molecular formula is C13H16F2N2O3S. The molecule has 0 radical (unpaired) electrons. The van der Waals surface area contributed by atoms with E-state index in [1.54, 1.807) is 0 Å². The molecule has 1 saturated heterocycles. The van der Waals surface area contributed by atoms with Crippen LogP contribution in [-0.2, 0) is 14.8 Å². The highest BCUT2D eigenvalue weighted by Gasteiger charge is 2.30. The van der Waals surface area contributed by atoms with E-state index in [0.717, 1.165) is 24.5 Å². The van der Waals surface area contributed by atoms with Gasteiger partial charge in [-0.1, -0.05) is 0 Å². The Hall–Kier alpha value is -1.54. The maximum Gasteiger partial charge on any atom is 0.228 e. The van der Waals surface area contributed by atoms with Gasteiger partial charge in [-0.3, -0.25) is 4.79 Å². The molecule has 0 aromatic heterocycles. The summed E-state index contributed by atoms with van der Waals surface area (Å²) in [6, 6.07) is 2.77. The number of halogens is 2. The van der Waals surface area contributed by atoms with Crippen LogP contribution in [0.5, 0.6) is 0 Å². The summed E-state index contributed by atoms with van der Waals surface area (Å²) in [7, 11) is -3.36. The van der Waals surface area contributed by atoms with E-state index in [1.807, 2.05) is 0 Å². The number of nitrogens with one attached hydrogen (secondary N) is 1. The number of sulfonamides is 1. The van der Waals surface area contributed by atoms with E-state index in [4.69, 9.17) is 0 Å². The zero-order chi connectivity index (χ0) is 15.6. The van der Waals surface area contributed by atoms with Crippen molar-refractivity contribution in [2.45, 2.75) is 12.8 Å². The van der Waals surface area contributed by atoms with Gasteiger partial charge in [0.2, 0.25) is 15.9 Å². The average molecular weight is 318 g/mol. The smallest absolute Gasteiger partial charge is 0.228 e. The van der Waals surface area contributed by atoms with Crippen molar-refractivity contribution in [2.24, 2.45) is 5.92 Å². The predicted molar refractivity (Wildman–Crippen MR) is 74.1 cm³/mol. The number of nitrogens with zero attached hydrogens (tertiary/aromatic N) is 1. The zero-order valence-corrected chi connectivity index (χ0v) is 12.3. The topological polar surface area (TPSA) is 66.5 Å². The lowest BCUT2D eigenvalue weighted by atomic mass is 9.98. The van der Waals surface area contributed by atoms with Crippen molar-refractivity contribution in [3.63, 3.8) is 0 Å². The molecular weight excluding hydrogens is 302 g/mol. The summed E-state index contributed by atoms with van der Waals surface area (Å²) in [4.78, 5) is 12.1. The van der Waals surface area contributed by atoms with Crippen LogP contribution in [0.15, 0.2) is 18.2 Å². The predicted octanol–water partition coefficient (Wildman–Crippen LogP) is 1.57. The van der Waals surface area contributed by atoms with Crippen molar-refractivity contribution in [1.82, 2.24) is 4.31 Å². The van der Waals surface area contributed by atoms with Crippen LogP contribution in [0, 0.1) is 17.6 Å². The van der Waals surface area contributed by atoms with Crippen LogP contribution in [0.1, 0.15) is 12.8 Å². The van der Waals surface area contributed by atoms with Crippen molar-refractivity contribution in [3.05, 3.63) is 29.8 Å². The van der Waals surface area contributed by atoms with Crippen molar-refractivity contribution in [3.8, 4) is 0 Å². The van der Waals surface area contributed by atoms with Crippen molar-refractivity contribution >= 4 is 21.6 Å². The number of anilines is 1. The molecule has 5 nitrogen and oxygen atoms in total. The second-order valence-corrected chi connectivity index (χ2v) is 7.06. The molecule has 21 heavy (non-hydrogen) atoms. The lowest BCUT2D eigenvalue weighted by molar-refractivity contribution is -0.120. The van der Waals surface area contributed by atoms with Gasteiger partial charge in [0.1, 0.15) is 11.6 Å². The SMILES string of the molecule is CS(=O)(=O)N1CCCC(C(=O)Nc2cc(F)ccc2F)C1. The fraction of sp³-hybridized carbons (Fsp3) is 0.462. The molecule has 1 aliphatic heterocycles. The second-order valence-electron chi connectivity index (χ2n) is 5.07. The number of carbonyl (C=O) groups excluding carboxylic acids is 1. The Balaban J connectivity index is 2.08. The first-order valence-electron chi connectivity index (χ1n) is 6.48. The lowest BCUT2D eigenvalue weighted by Crippen LogP contribution is -2.43. The van der Waals surface area contributed by atoms with Gasteiger partial charge in [0.05, 0.1) is 17.9 Å². The number of rotatable bonds is 3. The fourth-order valence-corrected chi connectivity index (χ4v) is 3.20. The van der Waals surface area contributed by atoms with E-state index >= 15 is 0 Å². The Morgan fingerprint density at radius 2 is 2.10 bits per heavy atom. The third-order valence-electron chi connectivity index (χ3n) is 3.41. The number of piperidine rings is 1. The normalized spacial score (nSPS) is 20.2. The number of benzene rings is 1. The van der Waals surface area contributed by atoms with Gasteiger partial charge in [-0.05, 0) is 25.0 Å². The summed E-state index contributed by atoms with van der Waals surface area (Å²) in [6.45, 7) is 0.429. The molecule has 0 saturated carbocycles. The van der Waals surface area contributed by atoms with Crippen LogP contribution in [-0.4, -0.2) is 38.0 Å². The largest absolute Gasteiger partial charge is 0.323 e. The summed E-state index contributed by atoms with van der Waals surface area (Å²) >= 11 is 0. The van der Waals surface area contributed by atoms with Crippen molar-refractivity contribution < 1.29 is 22.0 Å². The Morgan fingerprint density at radius 3 is 2.76 bits per heavy atom. The van der Waals surface area contributed by atoms with Crippen LogP contribution >= 0.6 is 0 Å². The molecule has 1 heterocycles. The first-order valence-corrected chi connectivity index (χ1v) is 8.33. The minimum absolute atomic E-state index is 0.0571. The maximum atomic E-state index is 13.5.